The molecule has 0 saturated carbocycles. The fourth-order valence-corrected chi connectivity index (χ4v) is 2.50. The van der Waals surface area contributed by atoms with Gasteiger partial charge in [0.25, 0.3) is 0 Å². The van der Waals surface area contributed by atoms with Crippen LogP contribution in [0.25, 0.3) is 0 Å². The maximum absolute atomic E-state index is 5.80. The Morgan fingerprint density at radius 3 is 2.76 bits per heavy atom. The number of hydrogen-bond acceptors (Lipinski definition) is 2. The summed E-state index contributed by atoms with van der Waals surface area (Å²) in [6, 6.07) is 9.39. The predicted octanol–water partition coefficient (Wildman–Crippen LogP) is 2.81. The molecule has 0 amide bonds. The molecule has 1 aromatic carbocycles. The zero-order chi connectivity index (χ0) is 12.5. The molecule has 0 spiro atoms. The average Bonchev–Trinajstić information content (AvgIpc) is 2.62. The second-order valence-corrected chi connectivity index (χ2v) is 5.99. The van der Waals surface area contributed by atoms with Crippen LogP contribution in [-0.4, -0.2) is 19.1 Å². The Kier molecular flexibility index (Phi) is 3.43. The third kappa shape index (κ3) is 2.63. The summed E-state index contributed by atoms with van der Waals surface area (Å²) in [4.78, 5) is 2.53. The summed E-state index contributed by atoms with van der Waals surface area (Å²) in [5, 5.41) is 0. The van der Waals surface area contributed by atoms with E-state index in [1.165, 1.54) is 17.7 Å². The molecule has 0 saturated heterocycles. The third-order valence-electron chi connectivity index (χ3n) is 3.93. The minimum Gasteiger partial charge on any atom is -0.368 e. The van der Waals surface area contributed by atoms with Crippen LogP contribution in [0.15, 0.2) is 24.3 Å². The lowest BCUT2D eigenvalue weighted by Gasteiger charge is -2.30. The van der Waals surface area contributed by atoms with E-state index < -0.39 is 0 Å². The van der Waals surface area contributed by atoms with Crippen LogP contribution in [0, 0.1) is 5.41 Å². The molecule has 17 heavy (non-hydrogen) atoms. The van der Waals surface area contributed by atoms with E-state index >= 15 is 0 Å². The van der Waals surface area contributed by atoms with Gasteiger partial charge >= 0.3 is 0 Å². The van der Waals surface area contributed by atoms with E-state index in [2.05, 4.69) is 49.9 Å². The van der Waals surface area contributed by atoms with Crippen molar-refractivity contribution in [2.45, 2.75) is 39.7 Å². The van der Waals surface area contributed by atoms with Crippen LogP contribution in [0.1, 0.15) is 32.8 Å². The topological polar surface area (TPSA) is 29.3 Å². The van der Waals surface area contributed by atoms with Gasteiger partial charge in [0.05, 0.1) is 0 Å². The fraction of sp³-hybridized carbons (Fsp3) is 0.600. The van der Waals surface area contributed by atoms with Gasteiger partial charge in [-0.05, 0) is 43.4 Å². The number of hydrogen-bond donors (Lipinski definition) is 1. The van der Waals surface area contributed by atoms with Crippen molar-refractivity contribution in [3.63, 3.8) is 0 Å². The Morgan fingerprint density at radius 1 is 1.35 bits per heavy atom. The summed E-state index contributed by atoms with van der Waals surface area (Å²) >= 11 is 0. The van der Waals surface area contributed by atoms with Crippen molar-refractivity contribution in [1.82, 2.24) is 0 Å². The molecule has 1 unspecified atom stereocenters. The van der Waals surface area contributed by atoms with E-state index in [-0.39, 0.29) is 5.41 Å². The highest BCUT2D eigenvalue weighted by Crippen LogP contribution is 2.33. The van der Waals surface area contributed by atoms with Gasteiger partial charge in [-0.1, -0.05) is 32.0 Å². The molecule has 94 valence electrons. The summed E-state index contributed by atoms with van der Waals surface area (Å²) in [5.74, 6) is 0. The molecule has 1 atom stereocenters. The van der Waals surface area contributed by atoms with Crippen LogP contribution in [0.4, 0.5) is 5.69 Å². The number of nitrogens with two attached hydrogens (primary N) is 1. The molecule has 1 aliphatic rings. The number of nitrogens with zero attached hydrogens (tertiary/aromatic N) is 1. The van der Waals surface area contributed by atoms with Crippen LogP contribution in [0.2, 0.25) is 0 Å². The number of rotatable bonds is 4. The van der Waals surface area contributed by atoms with Gasteiger partial charge in [0.2, 0.25) is 0 Å². The van der Waals surface area contributed by atoms with Crippen molar-refractivity contribution in [1.29, 1.82) is 0 Å². The number of anilines is 1. The molecule has 0 aliphatic carbocycles. The minimum absolute atomic E-state index is 0.247. The van der Waals surface area contributed by atoms with Crippen molar-refractivity contribution < 1.29 is 0 Å². The van der Waals surface area contributed by atoms with Gasteiger partial charge in [-0.15, -0.1) is 0 Å². The molecule has 2 nitrogen and oxygen atoms in total. The lowest BCUT2D eigenvalue weighted by Crippen LogP contribution is -2.35. The Balaban J connectivity index is 2.07. The highest BCUT2D eigenvalue weighted by atomic mass is 15.2. The van der Waals surface area contributed by atoms with Gasteiger partial charge < -0.3 is 10.6 Å². The maximum atomic E-state index is 5.80. The van der Waals surface area contributed by atoms with Crippen molar-refractivity contribution >= 4 is 5.69 Å². The van der Waals surface area contributed by atoms with E-state index in [0.717, 1.165) is 19.5 Å². The van der Waals surface area contributed by atoms with Crippen molar-refractivity contribution in [2.75, 3.05) is 18.0 Å². The number of para-hydroxylation sites is 1. The summed E-state index contributed by atoms with van der Waals surface area (Å²) in [6.07, 6.45) is 2.33. The molecule has 2 heteroatoms. The first-order valence-corrected chi connectivity index (χ1v) is 6.58. The van der Waals surface area contributed by atoms with Gasteiger partial charge in [0.1, 0.15) is 0 Å². The summed E-state index contributed by atoms with van der Waals surface area (Å²) in [5.41, 5.74) is 8.96. The van der Waals surface area contributed by atoms with Crippen LogP contribution in [0.5, 0.6) is 0 Å². The molecule has 2 N–H and O–H groups in total. The van der Waals surface area contributed by atoms with Crippen molar-refractivity contribution in [3.8, 4) is 0 Å². The zero-order valence-corrected chi connectivity index (χ0v) is 11.2. The molecule has 2 rings (SSSR count). The van der Waals surface area contributed by atoms with E-state index in [1.807, 2.05) is 0 Å². The van der Waals surface area contributed by atoms with Gasteiger partial charge in [0.15, 0.2) is 0 Å². The first-order valence-electron chi connectivity index (χ1n) is 6.58. The first kappa shape index (κ1) is 12.4. The average molecular weight is 232 g/mol. The normalized spacial score (nSPS) is 19.5. The van der Waals surface area contributed by atoms with E-state index in [0.29, 0.717) is 6.04 Å². The molecular formula is C15H24N2. The van der Waals surface area contributed by atoms with Crippen LogP contribution in [-0.2, 0) is 6.42 Å². The number of fused-ring (bicyclic) bond motifs is 1. The molecule has 1 heterocycles. The lowest BCUT2D eigenvalue weighted by atomic mass is 9.89. The molecule has 1 aliphatic heterocycles. The first-order chi connectivity index (χ1) is 8.03. The van der Waals surface area contributed by atoms with Gasteiger partial charge in [-0.3, -0.25) is 0 Å². The zero-order valence-electron chi connectivity index (χ0n) is 11.2. The van der Waals surface area contributed by atoms with Gasteiger partial charge in [0, 0.05) is 18.3 Å². The quantitative estimate of drug-likeness (QED) is 0.865. The molecule has 1 aromatic rings. The Bertz CT molecular complexity index is 384. The Hall–Kier alpha value is -1.02. The molecule has 0 radical (unpaired) electrons. The largest absolute Gasteiger partial charge is 0.368 e. The summed E-state index contributed by atoms with van der Waals surface area (Å²) < 4.78 is 0. The SMILES string of the molecule is CC1Cc2ccccc2N1CCC(C)(C)CN. The van der Waals surface area contributed by atoms with Crippen LogP contribution in [0.3, 0.4) is 0 Å². The smallest absolute Gasteiger partial charge is 0.0402 e. The summed E-state index contributed by atoms with van der Waals surface area (Å²) in [7, 11) is 0. The van der Waals surface area contributed by atoms with Crippen molar-refractivity contribution in [2.24, 2.45) is 11.1 Å². The monoisotopic (exact) mass is 232 g/mol. The van der Waals surface area contributed by atoms with Crippen LogP contribution < -0.4 is 10.6 Å². The van der Waals surface area contributed by atoms with E-state index in [4.69, 9.17) is 5.73 Å². The lowest BCUT2D eigenvalue weighted by molar-refractivity contribution is 0.346. The summed E-state index contributed by atoms with van der Waals surface area (Å²) in [6.45, 7) is 8.69. The molecule has 0 fully saturated rings. The standard InChI is InChI=1S/C15H24N2/c1-12-10-13-6-4-5-7-14(13)17(12)9-8-15(2,3)11-16/h4-7,12H,8-11,16H2,1-3H3. The second kappa shape index (κ2) is 4.69. The molecule has 0 aromatic heterocycles. The van der Waals surface area contributed by atoms with Crippen LogP contribution >= 0.6 is 0 Å². The van der Waals surface area contributed by atoms with E-state index in [1.54, 1.807) is 0 Å². The van der Waals surface area contributed by atoms with Crippen molar-refractivity contribution in [3.05, 3.63) is 29.8 Å². The van der Waals surface area contributed by atoms with Gasteiger partial charge in [-0.2, -0.15) is 0 Å². The Morgan fingerprint density at radius 2 is 2.06 bits per heavy atom. The second-order valence-electron chi connectivity index (χ2n) is 5.99. The maximum Gasteiger partial charge on any atom is 0.0402 e. The minimum atomic E-state index is 0.247. The number of benzene rings is 1. The highest BCUT2D eigenvalue weighted by molar-refractivity contribution is 5.59. The Labute approximate surface area is 105 Å². The molecule has 0 bridgehead atoms. The van der Waals surface area contributed by atoms with E-state index in [9.17, 15) is 0 Å². The van der Waals surface area contributed by atoms with Gasteiger partial charge in [-0.25, -0.2) is 0 Å². The fourth-order valence-electron chi connectivity index (χ4n) is 2.50. The third-order valence-corrected chi connectivity index (χ3v) is 3.93. The highest BCUT2D eigenvalue weighted by Gasteiger charge is 2.26. The predicted molar refractivity (Wildman–Crippen MR) is 74.4 cm³/mol. The molecular weight excluding hydrogens is 208 g/mol.